The van der Waals surface area contributed by atoms with E-state index in [1.54, 1.807) is 12.1 Å². The highest BCUT2D eigenvalue weighted by atomic mass is 32.2. The highest BCUT2D eigenvalue weighted by molar-refractivity contribution is 7.89. The second-order valence-electron chi connectivity index (χ2n) is 7.83. The number of ether oxygens (including phenoxy) is 1. The minimum Gasteiger partial charge on any atom is -0.454 e. The third-order valence-electron chi connectivity index (χ3n) is 5.43. The number of rotatable bonds is 7. The summed E-state index contributed by atoms with van der Waals surface area (Å²) in [6.07, 6.45) is 5.73. The molecule has 170 valence electrons. The minimum atomic E-state index is -3.61. The molecule has 1 aromatic rings. The van der Waals surface area contributed by atoms with Crippen LogP contribution in [0, 0.1) is 0 Å². The number of esters is 1. The molecule has 2 aliphatic heterocycles. The first-order chi connectivity index (χ1) is 14.9. The van der Waals surface area contributed by atoms with E-state index in [0.717, 1.165) is 38.5 Å². The summed E-state index contributed by atoms with van der Waals surface area (Å²) in [6.45, 7) is 0.820. The number of piperidine rings is 1. The van der Waals surface area contributed by atoms with E-state index in [1.807, 2.05) is 0 Å². The second kappa shape index (κ2) is 10.7. The molecule has 2 fully saturated rings. The van der Waals surface area contributed by atoms with Gasteiger partial charge in [-0.2, -0.15) is 4.31 Å². The lowest BCUT2D eigenvalue weighted by atomic mass is 10.2. The third-order valence-corrected chi connectivity index (χ3v) is 7.32. The fraction of sp³-hybridized carbons (Fsp3) is 0.571. The summed E-state index contributed by atoms with van der Waals surface area (Å²) in [7, 11) is -3.61. The van der Waals surface area contributed by atoms with E-state index in [2.05, 4.69) is 5.32 Å². The Hall–Kier alpha value is -2.46. The summed E-state index contributed by atoms with van der Waals surface area (Å²) in [6, 6.07) is 6.03. The molecular formula is C21H29N3O6S. The average Bonchev–Trinajstić information content (AvgIpc) is 2.97. The molecule has 0 radical (unpaired) electrons. The molecule has 9 nitrogen and oxygen atoms in total. The van der Waals surface area contributed by atoms with Crippen molar-refractivity contribution in [3.05, 3.63) is 24.3 Å². The second-order valence-corrected chi connectivity index (χ2v) is 9.77. The van der Waals surface area contributed by atoms with Gasteiger partial charge >= 0.3 is 5.97 Å². The van der Waals surface area contributed by atoms with Crippen LogP contribution < -0.4 is 5.32 Å². The van der Waals surface area contributed by atoms with Crippen molar-refractivity contribution in [2.24, 2.45) is 0 Å². The van der Waals surface area contributed by atoms with Crippen LogP contribution in [0.3, 0.4) is 0 Å². The van der Waals surface area contributed by atoms with Crippen molar-refractivity contribution in [1.82, 2.24) is 9.21 Å². The molecule has 0 aromatic heterocycles. The molecule has 2 amide bonds. The zero-order valence-corrected chi connectivity index (χ0v) is 18.4. The fourth-order valence-electron chi connectivity index (χ4n) is 3.74. The van der Waals surface area contributed by atoms with Gasteiger partial charge in [-0.1, -0.05) is 18.9 Å². The maximum atomic E-state index is 12.8. The molecule has 2 heterocycles. The van der Waals surface area contributed by atoms with E-state index in [1.165, 1.54) is 21.3 Å². The van der Waals surface area contributed by atoms with Gasteiger partial charge in [-0.15, -0.1) is 0 Å². The maximum Gasteiger partial charge on any atom is 0.326 e. The molecule has 0 saturated carbocycles. The number of carbonyl (C=O) groups is 3. The zero-order valence-electron chi connectivity index (χ0n) is 17.5. The largest absolute Gasteiger partial charge is 0.454 e. The molecule has 1 N–H and O–H groups in total. The van der Waals surface area contributed by atoms with Crippen molar-refractivity contribution in [2.75, 3.05) is 38.1 Å². The average molecular weight is 452 g/mol. The predicted octanol–water partition coefficient (Wildman–Crippen LogP) is 1.75. The van der Waals surface area contributed by atoms with E-state index in [4.69, 9.17) is 4.74 Å². The molecular weight excluding hydrogens is 422 g/mol. The van der Waals surface area contributed by atoms with Gasteiger partial charge in [-0.3, -0.25) is 14.4 Å². The number of nitrogens with zero attached hydrogens (tertiary/aromatic N) is 2. The lowest BCUT2D eigenvalue weighted by Gasteiger charge is -2.26. The Kier molecular flexibility index (Phi) is 8.03. The number of hydrogen-bond donors (Lipinski definition) is 1. The molecule has 0 unspecified atom stereocenters. The van der Waals surface area contributed by atoms with E-state index in [9.17, 15) is 22.8 Å². The van der Waals surface area contributed by atoms with Crippen molar-refractivity contribution in [1.29, 1.82) is 0 Å². The summed E-state index contributed by atoms with van der Waals surface area (Å²) in [4.78, 5) is 37.7. The summed E-state index contributed by atoms with van der Waals surface area (Å²) in [5.74, 6) is -1.31. The number of hydrogen-bond acceptors (Lipinski definition) is 6. The van der Waals surface area contributed by atoms with E-state index in [0.29, 0.717) is 31.7 Å². The maximum absolute atomic E-state index is 12.8. The zero-order chi connectivity index (χ0) is 22.3. The first-order valence-corrected chi connectivity index (χ1v) is 12.1. The molecule has 3 rings (SSSR count). The van der Waals surface area contributed by atoms with E-state index < -0.39 is 28.5 Å². The van der Waals surface area contributed by atoms with Crippen molar-refractivity contribution in [2.45, 2.75) is 49.8 Å². The lowest BCUT2D eigenvalue weighted by Crippen LogP contribution is -2.36. The van der Waals surface area contributed by atoms with Gasteiger partial charge in [0.1, 0.15) is 6.54 Å². The number of nitrogens with one attached hydrogen (secondary N) is 1. The number of sulfonamides is 1. The highest BCUT2D eigenvalue weighted by Crippen LogP contribution is 2.22. The van der Waals surface area contributed by atoms with Crippen LogP contribution in [0.15, 0.2) is 29.2 Å². The van der Waals surface area contributed by atoms with Gasteiger partial charge in [0.2, 0.25) is 15.9 Å². The Morgan fingerprint density at radius 1 is 1.00 bits per heavy atom. The SMILES string of the molecule is O=C(COC(=O)CN1CCCCCC1=O)Nc1cccc(S(=O)(=O)N2CCCCC2)c1. The standard InChI is InChI=1S/C21H29N3O6S/c25-19(16-30-21(27)15-23-11-4-1-3-10-20(23)26)22-17-8-7-9-18(14-17)31(28,29)24-12-5-2-6-13-24/h7-9,14H,1-6,10-13,15-16H2,(H,22,25). The third kappa shape index (κ3) is 6.51. The van der Waals surface area contributed by atoms with Crippen LogP contribution in [-0.2, 0) is 29.1 Å². The Labute approximate surface area is 182 Å². The van der Waals surface area contributed by atoms with Crippen LogP contribution in [-0.4, -0.2) is 68.2 Å². The van der Waals surface area contributed by atoms with Crippen molar-refractivity contribution >= 4 is 33.5 Å². The molecule has 31 heavy (non-hydrogen) atoms. The van der Waals surface area contributed by atoms with Gasteiger partial charge in [0.05, 0.1) is 4.90 Å². The van der Waals surface area contributed by atoms with Crippen LogP contribution in [0.2, 0.25) is 0 Å². The smallest absolute Gasteiger partial charge is 0.326 e. The van der Waals surface area contributed by atoms with Gasteiger partial charge in [0, 0.05) is 31.7 Å². The number of carbonyl (C=O) groups excluding carboxylic acids is 3. The van der Waals surface area contributed by atoms with Gasteiger partial charge in [0.15, 0.2) is 6.61 Å². The predicted molar refractivity (Wildman–Crippen MR) is 114 cm³/mol. The number of amides is 2. The molecule has 0 bridgehead atoms. The van der Waals surface area contributed by atoms with Crippen molar-refractivity contribution in [3.63, 3.8) is 0 Å². The van der Waals surface area contributed by atoms with Crippen LogP contribution in [0.4, 0.5) is 5.69 Å². The summed E-state index contributed by atoms with van der Waals surface area (Å²) >= 11 is 0. The Morgan fingerprint density at radius 2 is 1.71 bits per heavy atom. The van der Waals surface area contributed by atoms with E-state index >= 15 is 0 Å². The Morgan fingerprint density at radius 3 is 2.48 bits per heavy atom. The molecule has 0 spiro atoms. The Bertz CT molecular complexity index is 911. The highest BCUT2D eigenvalue weighted by Gasteiger charge is 2.26. The van der Waals surface area contributed by atoms with Crippen LogP contribution in [0.1, 0.15) is 44.9 Å². The molecule has 10 heteroatoms. The topological polar surface area (TPSA) is 113 Å². The monoisotopic (exact) mass is 451 g/mol. The lowest BCUT2D eigenvalue weighted by molar-refractivity contribution is -0.151. The minimum absolute atomic E-state index is 0.0781. The van der Waals surface area contributed by atoms with Gasteiger partial charge in [-0.05, 0) is 43.9 Å². The van der Waals surface area contributed by atoms with Crippen LogP contribution in [0.5, 0.6) is 0 Å². The normalized spacial score (nSPS) is 18.3. The fourth-order valence-corrected chi connectivity index (χ4v) is 5.30. The van der Waals surface area contributed by atoms with Gasteiger partial charge < -0.3 is 15.0 Å². The molecule has 2 aliphatic rings. The quantitative estimate of drug-likeness (QED) is 0.632. The Balaban J connectivity index is 1.52. The first-order valence-electron chi connectivity index (χ1n) is 10.7. The molecule has 2 saturated heterocycles. The molecule has 1 aromatic carbocycles. The van der Waals surface area contributed by atoms with Crippen LogP contribution in [0.25, 0.3) is 0 Å². The summed E-state index contributed by atoms with van der Waals surface area (Å²) < 4.78 is 32.0. The first kappa shape index (κ1) is 23.2. The van der Waals surface area contributed by atoms with E-state index in [-0.39, 0.29) is 17.3 Å². The number of benzene rings is 1. The number of anilines is 1. The summed E-state index contributed by atoms with van der Waals surface area (Å²) in [5.41, 5.74) is 0.307. The molecule has 0 aliphatic carbocycles. The van der Waals surface area contributed by atoms with Gasteiger partial charge in [0.25, 0.3) is 5.91 Å². The number of likely N-dealkylation sites (tertiary alicyclic amines) is 1. The van der Waals surface area contributed by atoms with Gasteiger partial charge in [-0.25, -0.2) is 8.42 Å². The van der Waals surface area contributed by atoms with Crippen molar-refractivity contribution < 1.29 is 27.5 Å². The van der Waals surface area contributed by atoms with Crippen LogP contribution >= 0.6 is 0 Å². The van der Waals surface area contributed by atoms with Crippen molar-refractivity contribution in [3.8, 4) is 0 Å². The molecule has 0 atom stereocenters. The summed E-state index contributed by atoms with van der Waals surface area (Å²) in [5, 5.41) is 2.56.